The first-order chi connectivity index (χ1) is 32.5. The number of anilines is 3. The van der Waals surface area contributed by atoms with Crippen molar-refractivity contribution in [3.8, 4) is 33.4 Å². The molecule has 0 radical (unpaired) electrons. The van der Waals surface area contributed by atoms with Crippen LogP contribution in [-0.4, -0.2) is 0 Å². The van der Waals surface area contributed by atoms with Crippen LogP contribution in [0.4, 0.5) is 17.1 Å². The second kappa shape index (κ2) is 12.3. The second-order valence-electron chi connectivity index (χ2n) is 20.8. The summed E-state index contributed by atoms with van der Waals surface area (Å²) in [6.45, 7) is 14.3. The summed E-state index contributed by atoms with van der Waals surface area (Å²) >= 11 is 0. The maximum absolute atomic E-state index is 6.71. The molecule has 0 bridgehead atoms. The summed E-state index contributed by atoms with van der Waals surface area (Å²) < 4.78 is 18.3. The molecule has 3 aliphatic rings. The molecule has 0 atom stereocenters. The average molecular weight is 865 g/mol. The van der Waals surface area contributed by atoms with Crippen molar-refractivity contribution < 1.29 is 13.3 Å². The van der Waals surface area contributed by atoms with E-state index < -0.39 is 0 Å². The minimum absolute atomic E-state index is 0.261. The minimum Gasteiger partial charge on any atom is -0.545 e. The van der Waals surface area contributed by atoms with Crippen molar-refractivity contribution >= 4 is 82.9 Å². The molecular weight excluding hydrogens is 819 g/mol. The largest absolute Gasteiger partial charge is 0.545 e. The van der Waals surface area contributed by atoms with Crippen molar-refractivity contribution in [1.82, 2.24) is 0 Å². The quantitative estimate of drug-likeness (QED) is 0.166. The molecule has 4 heteroatoms. The van der Waals surface area contributed by atoms with Crippen LogP contribution < -0.4 is 4.90 Å². The van der Waals surface area contributed by atoms with Crippen molar-refractivity contribution in [2.45, 2.75) is 57.8 Å². The molecule has 3 aliphatic carbocycles. The third kappa shape index (κ3) is 4.63. The normalized spacial score (nSPS) is 15.7. The lowest BCUT2D eigenvalue weighted by molar-refractivity contribution is 0.653. The van der Waals surface area contributed by atoms with E-state index in [0.717, 1.165) is 61.3 Å². The van der Waals surface area contributed by atoms with Gasteiger partial charge in [-0.2, -0.15) is 0 Å². The Balaban J connectivity index is 0.943. The number of nitrogens with zero attached hydrogens (tertiary/aromatic N) is 1. The first-order valence-electron chi connectivity index (χ1n) is 23.6. The Morgan fingerprint density at radius 2 is 0.910 bits per heavy atom. The Hall–Kier alpha value is -7.82. The maximum atomic E-state index is 6.71. The van der Waals surface area contributed by atoms with Gasteiger partial charge in [0, 0.05) is 72.5 Å². The van der Waals surface area contributed by atoms with Crippen LogP contribution in [0.3, 0.4) is 0 Å². The fourth-order valence-electron chi connectivity index (χ4n) is 13.1. The van der Waals surface area contributed by atoms with Crippen LogP contribution >= 0.6 is 0 Å². The molecule has 3 aromatic heterocycles. The smallest absolute Gasteiger partial charge is 0.269 e. The Labute approximate surface area is 387 Å². The average Bonchev–Trinajstić information content (AvgIpc) is 4.15. The highest BCUT2D eigenvalue weighted by molar-refractivity contribution is 6.14. The molecule has 0 spiro atoms. The SMILES string of the molecule is CC1(C)c2cc(N(c3ccc4c(c3)C(C)(C)c3c-4ccc4oc5ccccc5c34)c3ccc4c(c3)C(C)(C)c3c-4ccc4[oH+]c5ccccc5c34)ccc2-c2c1ccc1c2oc2ccccc21. The molecule has 0 amide bonds. The molecular formula is C63H46NO3+. The van der Waals surface area contributed by atoms with Gasteiger partial charge < -0.3 is 18.2 Å². The van der Waals surface area contributed by atoms with Crippen molar-refractivity contribution in [3.63, 3.8) is 0 Å². The summed E-state index contributed by atoms with van der Waals surface area (Å²) in [5.74, 6) is 0. The molecule has 15 rings (SSSR count). The standard InChI is InChI=1S/C63H45NO3/c1-61(2)46-28-25-42-39-13-7-10-16-50(39)67-60(42)55(46)43-24-21-36(33-49(43)61)64(34-19-22-37-40-26-29-53-56(44-14-8-11-17-51(44)65-53)58(40)62(3,4)47(37)31-34)35-20-23-38-41-27-30-54-57(45-15-9-12-18-52(45)66-54)59(41)63(5,6)48(38)32-35/h7-33H,1-6H3/p+1. The van der Waals surface area contributed by atoms with E-state index in [1.165, 1.54) is 88.3 Å². The number of para-hydroxylation sites is 3. The predicted molar refractivity (Wildman–Crippen MR) is 277 cm³/mol. The highest BCUT2D eigenvalue weighted by atomic mass is 16.3. The van der Waals surface area contributed by atoms with Crippen LogP contribution in [0.1, 0.15) is 74.9 Å². The zero-order valence-electron chi connectivity index (χ0n) is 38.3. The monoisotopic (exact) mass is 864 g/mol. The van der Waals surface area contributed by atoms with Gasteiger partial charge in [-0.05, 0) is 128 Å². The fraction of sp³-hybridized carbons (Fsp3) is 0.143. The van der Waals surface area contributed by atoms with Gasteiger partial charge in [-0.15, -0.1) is 0 Å². The molecule has 0 aliphatic heterocycles. The van der Waals surface area contributed by atoms with E-state index in [1.54, 1.807) is 0 Å². The highest BCUT2D eigenvalue weighted by Gasteiger charge is 2.43. The van der Waals surface area contributed by atoms with E-state index in [9.17, 15) is 0 Å². The van der Waals surface area contributed by atoms with Gasteiger partial charge in [0.25, 0.3) is 11.2 Å². The van der Waals surface area contributed by atoms with Gasteiger partial charge in [0.2, 0.25) is 0 Å². The highest BCUT2D eigenvalue weighted by Crippen LogP contribution is 2.58. The van der Waals surface area contributed by atoms with E-state index in [2.05, 4.69) is 210 Å². The number of hydrogen-bond acceptors (Lipinski definition) is 3. The van der Waals surface area contributed by atoms with Gasteiger partial charge in [0.15, 0.2) is 0 Å². The molecule has 9 aromatic carbocycles. The van der Waals surface area contributed by atoms with E-state index in [-0.39, 0.29) is 16.2 Å². The lowest BCUT2D eigenvalue weighted by Crippen LogP contribution is -2.19. The Morgan fingerprint density at radius 1 is 0.373 bits per heavy atom. The summed E-state index contributed by atoms with van der Waals surface area (Å²) in [6, 6.07) is 60.5. The van der Waals surface area contributed by atoms with Crippen LogP contribution in [-0.2, 0) is 16.2 Å². The molecule has 0 fully saturated rings. The van der Waals surface area contributed by atoms with E-state index >= 15 is 0 Å². The minimum atomic E-state index is -0.290. The number of furan rings is 3. The second-order valence-corrected chi connectivity index (χ2v) is 20.8. The Kier molecular flexibility index (Phi) is 6.89. The molecule has 0 unspecified atom stereocenters. The molecule has 3 heterocycles. The van der Waals surface area contributed by atoms with Crippen LogP contribution in [0.25, 0.3) is 99.2 Å². The first kappa shape index (κ1) is 37.4. The van der Waals surface area contributed by atoms with Crippen molar-refractivity contribution in [3.05, 3.63) is 197 Å². The maximum Gasteiger partial charge on any atom is 0.269 e. The van der Waals surface area contributed by atoms with Gasteiger partial charge in [-0.3, -0.25) is 0 Å². The Bertz CT molecular complexity index is 4020. The topological polar surface area (TPSA) is 42.3 Å². The fourth-order valence-corrected chi connectivity index (χ4v) is 13.1. The van der Waals surface area contributed by atoms with E-state index in [4.69, 9.17) is 13.3 Å². The molecule has 1 N–H and O–H groups in total. The number of hydrogen-bond donors (Lipinski definition) is 0. The molecule has 320 valence electrons. The van der Waals surface area contributed by atoms with Gasteiger partial charge >= 0.3 is 0 Å². The number of rotatable bonds is 3. The van der Waals surface area contributed by atoms with Crippen LogP contribution in [0.2, 0.25) is 0 Å². The van der Waals surface area contributed by atoms with Gasteiger partial charge in [0.05, 0.1) is 10.8 Å². The van der Waals surface area contributed by atoms with E-state index in [1.807, 2.05) is 0 Å². The van der Waals surface area contributed by atoms with Gasteiger partial charge in [-0.25, -0.2) is 0 Å². The number of benzene rings is 9. The van der Waals surface area contributed by atoms with Gasteiger partial charge in [0.1, 0.15) is 22.3 Å². The zero-order chi connectivity index (χ0) is 44.9. The lowest BCUT2D eigenvalue weighted by Gasteiger charge is -2.31. The van der Waals surface area contributed by atoms with Crippen molar-refractivity contribution in [2.24, 2.45) is 0 Å². The summed E-state index contributed by atoms with van der Waals surface area (Å²) in [7, 11) is 0. The summed E-state index contributed by atoms with van der Waals surface area (Å²) in [5.41, 5.74) is 24.0. The lowest BCUT2D eigenvalue weighted by atomic mass is 9.80. The van der Waals surface area contributed by atoms with Crippen molar-refractivity contribution in [2.75, 3.05) is 4.90 Å². The van der Waals surface area contributed by atoms with Gasteiger partial charge in [-0.1, -0.05) is 126 Å². The molecule has 4 nitrogen and oxygen atoms in total. The summed E-state index contributed by atoms with van der Waals surface area (Å²) in [6.07, 6.45) is 0. The van der Waals surface area contributed by atoms with Crippen molar-refractivity contribution in [1.29, 1.82) is 0 Å². The first-order valence-corrected chi connectivity index (χ1v) is 23.6. The molecule has 67 heavy (non-hydrogen) atoms. The predicted octanol–water partition coefficient (Wildman–Crippen LogP) is 17.9. The molecule has 0 saturated heterocycles. The third-order valence-electron chi connectivity index (χ3n) is 16.3. The van der Waals surface area contributed by atoms with Crippen LogP contribution in [0, 0.1) is 0 Å². The van der Waals surface area contributed by atoms with E-state index in [0.29, 0.717) is 0 Å². The zero-order valence-corrected chi connectivity index (χ0v) is 38.3. The molecule has 0 saturated carbocycles. The summed E-state index contributed by atoms with van der Waals surface area (Å²) in [4.78, 5) is 2.51. The van der Waals surface area contributed by atoms with Crippen LogP contribution in [0.5, 0.6) is 0 Å². The third-order valence-corrected chi connectivity index (χ3v) is 16.3. The molecule has 12 aromatic rings. The van der Waals surface area contributed by atoms with Crippen LogP contribution in [0.15, 0.2) is 177 Å². The number of fused-ring (bicyclic) bond motifs is 21. The Morgan fingerprint density at radius 3 is 1.60 bits per heavy atom. The summed E-state index contributed by atoms with van der Waals surface area (Å²) in [5, 5.41) is 7.20.